The fourth-order valence-electron chi connectivity index (χ4n) is 1.70. The molecule has 0 unspecified atom stereocenters. The third kappa shape index (κ3) is 4.14. The van der Waals surface area contributed by atoms with Crippen LogP contribution in [0.1, 0.15) is 22.6 Å². The Kier molecular flexibility index (Phi) is 5.02. The highest BCUT2D eigenvalue weighted by atomic mass is 32.1. The number of nitrogens with two attached hydrogens (primary N) is 1. The van der Waals surface area contributed by atoms with Crippen LogP contribution in [0.3, 0.4) is 0 Å². The second-order valence-corrected chi connectivity index (χ2v) is 5.06. The van der Waals surface area contributed by atoms with E-state index in [2.05, 4.69) is 17.9 Å². The van der Waals surface area contributed by atoms with Crippen molar-refractivity contribution < 1.29 is 9.47 Å². The molecule has 17 heavy (non-hydrogen) atoms. The van der Waals surface area contributed by atoms with Crippen LogP contribution in [0.5, 0.6) is 0 Å². The molecular weight excluding hydrogens is 234 g/mol. The zero-order chi connectivity index (χ0) is 11.9. The first kappa shape index (κ1) is 12.6. The molecule has 0 radical (unpaired) electrons. The number of thiophene rings is 1. The highest BCUT2D eigenvalue weighted by Crippen LogP contribution is 2.19. The Labute approximate surface area is 106 Å². The van der Waals surface area contributed by atoms with Gasteiger partial charge in [0.25, 0.3) is 0 Å². The van der Waals surface area contributed by atoms with E-state index in [1.54, 1.807) is 11.3 Å². The van der Waals surface area contributed by atoms with E-state index in [-0.39, 0.29) is 0 Å². The Morgan fingerprint density at radius 2 is 2.24 bits per heavy atom. The minimum atomic E-state index is 0.351. The molecule has 2 rings (SSSR count). The maximum Gasteiger partial charge on any atom is 0.0813 e. The minimum Gasteiger partial charge on any atom is -0.381 e. The number of ether oxygens (including phenoxy) is 2. The monoisotopic (exact) mass is 251 g/mol. The molecule has 1 aliphatic heterocycles. The zero-order valence-electron chi connectivity index (χ0n) is 9.78. The van der Waals surface area contributed by atoms with Crippen molar-refractivity contribution in [2.24, 2.45) is 5.73 Å². The minimum absolute atomic E-state index is 0.351. The number of hydrogen-bond acceptors (Lipinski definition) is 4. The van der Waals surface area contributed by atoms with Crippen LogP contribution in [0.15, 0.2) is 12.1 Å². The normalized spacial score (nSPS) is 16.5. The summed E-state index contributed by atoms with van der Waals surface area (Å²) < 4.78 is 11.1. The quantitative estimate of drug-likeness (QED) is 0.832. The Morgan fingerprint density at radius 3 is 3.00 bits per heavy atom. The zero-order valence-corrected chi connectivity index (χ0v) is 10.6. The molecule has 4 heteroatoms. The summed E-state index contributed by atoms with van der Waals surface area (Å²) >= 11 is 1.68. The maximum atomic E-state index is 5.84. The fraction of sp³-hybridized carbons (Fsp3) is 0.538. The van der Waals surface area contributed by atoms with Crippen molar-refractivity contribution in [3.8, 4) is 11.8 Å². The molecule has 3 nitrogen and oxygen atoms in total. The van der Waals surface area contributed by atoms with Gasteiger partial charge in [0.1, 0.15) is 0 Å². The van der Waals surface area contributed by atoms with Gasteiger partial charge < -0.3 is 15.2 Å². The van der Waals surface area contributed by atoms with Crippen LogP contribution in [-0.2, 0) is 16.1 Å². The van der Waals surface area contributed by atoms with E-state index in [0.29, 0.717) is 19.3 Å². The summed E-state index contributed by atoms with van der Waals surface area (Å²) in [6.07, 6.45) is 2.36. The van der Waals surface area contributed by atoms with Gasteiger partial charge in [0, 0.05) is 18.1 Å². The van der Waals surface area contributed by atoms with Gasteiger partial charge >= 0.3 is 0 Å². The summed E-state index contributed by atoms with van der Waals surface area (Å²) in [5.74, 6) is 5.88. The SMILES string of the molecule is NCC#Cc1ccc(COC2CCOCC2)s1. The fourth-order valence-corrected chi connectivity index (χ4v) is 2.51. The standard InChI is InChI=1S/C13H17NO2S/c14-7-1-2-12-3-4-13(17-12)10-16-11-5-8-15-9-6-11/h3-4,11H,5-10,14H2. The molecule has 1 saturated heterocycles. The first-order valence-corrected chi connectivity index (χ1v) is 6.67. The first-order valence-electron chi connectivity index (χ1n) is 5.85. The maximum absolute atomic E-state index is 5.84. The summed E-state index contributed by atoms with van der Waals surface area (Å²) in [5.41, 5.74) is 5.33. The van der Waals surface area contributed by atoms with E-state index < -0.39 is 0 Å². The Balaban J connectivity index is 1.80. The number of rotatable bonds is 3. The van der Waals surface area contributed by atoms with Crippen molar-refractivity contribution in [2.45, 2.75) is 25.6 Å². The van der Waals surface area contributed by atoms with Crippen molar-refractivity contribution >= 4 is 11.3 Å². The molecule has 0 bridgehead atoms. The van der Waals surface area contributed by atoms with Gasteiger partial charge in [-0.3, -0.25) is 0 Å². The lowest BCUT2D eigenvalue weighted by Gasteiger charge is -2.21. The van der Waals surface area contributed by atoms with Gasteiger partial charge in [0.2, 0.25) is 0 Å². The van der Waals surface area contributed by atoms with Gasteiger partial charge in [-0.15, -0.1) is 11.3 Å². The third-order valence-corrected chi connectivity index (χ3v) is 3.58. The molecule has 1 fully saturated rings. The van der Waals surface area contributed by atoms with Gasteiger partial charge in [0.05, 0.1) is 24.1 Å². The molecule has 2 N–H and O–H groups in total. The summed E-state index contributed by atoms with van der Waals surface area (Å²) in [6, 6.07) is 4.10. The molecule has 1 aromatic rings. The van der Waals surface area contributed by atoms with Crippen LogP contribution in [0.2, 0.25) is 0 Å². The lowest BCUT2D eigenvalue weighted by atomic mass is 10.1. The molecule has 0 aromatic carbocycles. The molecule has 0 atom stereocenters. The van der Waals surface area contributed by atoms with Crippen LogP contribution in [0, 0.1) is 11.8 Å². The topological polar surface area (TPSA) is 44.5 Å². The van der Waals surface area contributed by atoms with E-state index in [4.69, 9.17) is 15.2 Å². The van der Waals surface area contributed by atoms with E-state index >= 15 is 0 Å². The highest BCUT2D eigenvalue weighted by molar-refractivity contribution is 7.12. The van der Waals surface area contributed by atoms with Gasteiger partial charge in [-0.25, -0.2) is 0 Å². The summed E-state index contributed by atoms with van der Waals surface area (Å²) in [4.78, 5) is 2.28. The second-order valence-electron chi connectivity index (χ2n) is 3.89. The summed E-state index contributed by atoms with van der Waals surface area (Å²) in [5, 5.41) is 0. The molecule has 92 valence electrons. The van der Waals surface area contributed by atoms with Gasteiger partial charge in [-0.1, -0.05) is 11.8 Å². The lowest BCUT2D eigenvalue weighted by molar-refractivity contribution is -0.0383. The summed E-state index contributed by atoms with van der Waals surface area (Å²) in [6.45, 7) is 2.73. The Hall–Kier alpha value is -0.860. The predicted octanol–water partition coefficient (Wildman–Crippen LogP) is 1.75. The molecule has 1 aromatic heterocycles. The van der Waals surface area contributed by atoms with Crippen LogP contribution in [0.4, 0.5) is 0 Å². The lowest BCUT2D eigenvalue weighted by Crippen LogP contribution is -2.23. The number of hydrogen-bond donors (Lipinski definition) is 1. The van der Waals surface area contributed by atoms with Crippen LogP contribution in [-0.4, -0.2) is 25.9 Å². The molecule has 1 aliphatic rings. The van der Waals surface area contributed by atoms with Crippen LogP contribution in [0.25, 0.3) is 0 Å². The van der Waals surface area contributed by atoms with Crippen LogP contribution < -0.4 is 5.73 Å². The molecule has 0 amide bonds. The average Bonchev–Trinajstić information content (AvgIpc) is 2.83. The summed E-state index contributed by atoms with van der Waals surface area (Å²) in [7, 11) is 0. The Morgan fingerprint density at radius 1 is 1.41 bits per heavy atom. The van der Waals surface area contributed by atoms with E-state index in [9.17, 15) is 0 Å². The van der Waals surface area contributed by atoms with Crippen molar-refractivity contribution in [1.82, 2.24) is 0 Å². The van der Waals surface area contributed by atoms with Gasteiger partial charge in [-0.05, 0) is 25.0 Å². The van der Waals surface area contributed by atoms with Crippen LogP contribution >= 0.6 is 11.3 Å². The van der Waals surface area contributed by atoms with Crippen molar-refractivity contribution in [1.29, 1.82) is 0 Å². The highest BCUT2D eigenvalue weighted by Gasteiger charge is 2.14. The van der Waals surface area contributed by atoms with Crippen molar-refractivity contribution in [3.63, 3.8) is 0 Å². The predicted molar refractivity (Wildman–Crippen MR) is 68.9 cm³/mol. The molecule has 0 spiro atoms. The second kappa shape index (κ2) is 6.77. The first-order chi connectivity index (χ1) is 8.38. The smallest absolute Gasteiger partial charge is 0.0813 e. The van der Waals surface area contributed by atoms with E-state index in [1.807, 2.05) is 6.07 Å². The largest absolute Gasteiger partial charge is 0.381 e. The Bertz CT molecular complexity index is 399. The van der Waals surface area contributed by atoms with Gasteiger partial charge in [0.15, 0.2) is 0 Å². The van der Waals surface area contributed by atoms with Gasteiger partial charge in [-0.2, -0.15) is 0 Å². The molecular formula is C13H17NO2S. The van der Waals surface area contributed by atoms with Crippen molar-refractivity contribution in [2.75, 3.05) is 19.8 Å². The molecule has 0 saturated carbocycles. The molecule has 0 aliphatic carbocycles. The van der Waals surface area contributed by atoms with E-state index in [1.165, 1.54) is 4.88 Å². The third-order valence-electron chi connectivity index (χ3n) is 2.60. The average molecular weight is 251 g/mol. The van der Waals surface area contributed by atoms with E-state index in [0.717, 1.165) is 30.9 Å². The van der Waals surface area contributed by atoms with Crippen molar-refractivity contribution in [3.05, 3.63) is 21.9 Å². The molecule has 2 heterocycles.